The predicted molar refractivity (Wildman–Crippen MR) is 91.3 cm³/mol. The Morgan fingerprint density at radius 2 is 2.04 bits per heavy atom. The van der Waals surface area contributed by atoms with E-state index >= 15 is 0 Å². The lowest BCUT2D eigenvalue weighted by molar-refractivity contribution is 0.0468. The summed E-state index contributed by atoms with van der Waals surface area (Å²) in [6, 6.07) is 5.75. The summed E-state index contributed by atoms with van der Waals surface area (Å²) in [5, 5.41) is 7.02. The minimum Gasteiger partial charge on any atom is -0.381 e. The van der Waals surface area contributed by atoms with Crippen LogP contribution in [0.4, 0.5) is 0 Å². The topological polar surface area (TPSA) is 77.2 Å². The molecule has 0 spiro atoms. The van der Waals surface area contributed by atoms with Crippen molar-refractivity contribution >= 4 is 5.91 Å². The number of carbonyl (C=O) groups is 1. The van der Waals surface area contributed by atoms with E-state index in [0.717, 1.165) is 25.7 Å². The number of benzene rings is 1. The van der Waals surface area contributed by atoms with Gasteiger partial charge in [-0.2, -0.15) is 4.98 Å². The van der Waals surface area contributed by atoms with Gasteiger partial charge in [0.25, 0.3) is 5.91 Å². The van der Waals surface area contributed by atoms with Crippen LogP contribution in [0.1, 0.15) is 58.5 Å². The minimum absolute atomic E-state index is 0.0814. The van der Waals surface area contributed by atoms with Crippen LogP contribution in [0.25, 0.3) is 0 Å². The summed E-state index contributed by atoms with van der Waals surface area (Å²) in [4.78, 5) is 17.2. The molecule has 2 aliphatic rings. The predicted octanol–water partition coefficient (Wildman–Crippen LogP) is 2.76. The van der Waals surface area contributed by atoms with Gasteiger partial charge in [0.05, 0.1) is 0 Å². The molecule has 25 heavy (non-hydrogen) atoms. The molecule has 2 heterocycles. The Kier molecular flexibility index (Phi) is 4.53. The number of ether oxygens (including phenoxy) is 1. The van der Waals surface area contributed by atoms with Gasteiger partial charge in [-0.15, -0.1) is 0 Å². The number of hydrogen-bond acceptors (Lipinski definition) is 5. The van der Waals surface area contributed by atoms with Crippen LogP contribution in [-0.4, -0.2) is 29.3 Å². The monoisotopic (exact) mass is 341 g/mol. The van der Waals surface area contributed by atoms with Crippen molar-refractivity contribution in [2.45, 2.75) is 45.1 Å². The maximum Gasteiger partial charge on any atom is 0.251 e. The van der Waals surface area contributed by atoms with Crippen LogP contribution in [0.3, 0.4) is 0 Å². The third-order valence-electron chi connectivity index (χ3n) is 5.19. The van der Waals surface area contributed by atoms with Crippen LogP contribution in [0.5, 0.6) is 0 Å². The molecule has 1 N–H and O–H groups in total. The maximum atomic E-state index is 12.8. The number of amides is 1. The van der Waals surface area contributed by atoms with E-state index in [-0.39, 0.29) is 17.9 Å². The van der Waals surface area contributed by atoms with Gasteiger partial charge in [-0.3, -0.25) is 4.79 Å². The molecular weight excluding hydrogens is 318 g/mol. The highest BCUT2D eigenvalue weighted by atomic mass is 16.5. The minimum atomic E-state index is -0.272. The normalized spacial score (nSPS) is 18.8. The standard InChI is InChI=1S/C19H23N3O3/c1-12-20-19(25-22-12)17(14-7-9-24-10-8-14)21-18(23)16-6-5-13-3-2-4-15(13)11-16/h5-6,11,14,17H,2-4,7-10H2,1H3,(H,21,23)/t17-/m0/s1. The average Bonchev–Trinajstić information content (AvgIpc) is 3.28. The first kappa shape index (κ1) is 16.3. The molecule has 1 aliphatic carbocycles. The van der Waals surface area contributed by atoms with Crippen LogP contribution in [0.15, 0.2) is 22.7 Å². The number of aryl methyl sites for hydroxylation is 3. The molecule has 0 saturated carbocycles. The average molecular weight is 341 g/mol. The molecule has 2 aromatic rings. The third-order valence-corrected chi connectivity index (χ3v) is 5.19. The first-order valence-corrected chi connectivity index (χ1v) is 9.01. The molecule has 0 radical (unpaired) electrons. The Morgan fingerprint density at radius 1 is 1.24 bits per heavy atom. The van der Waals surface area contributed by atoms with E-state index < -0.39 is 0 Å². The van der Waals surface area contributed by atoms with Crippen molar-refractivity contribution in [3.8, 4) is 0 Å². The second-order valence-electron chi connectivity index (χ2n) is 6.92. The third kappa shape index (κ3) is 3.44. The first-order chi connectivity index (χ1) is 12.2. The molecule has 1 atom stereocenters. The lowest BCUT2D eigenvalue weighted by Crippen LogP contribution is -2.36. The molecule has 1 saturated heterocycles. The number of fused-ring (bicyclic) bond motifs is 1. The van der Waals surface area contributed by atoms with Gasteiger partial charge >= 0.3 is 0 Å². The maximum absolute atomic E-state index is 12.8. The molecule has 6 nitrogen and oxygen atoms in total. The Hall–Kier alpha value is -2.21. The largest absolute Gasteiger partial charge is 0.381 e. The van der Waals surface area contributed by atoms with E-state index in [0.29, 0.717) is 30.5 Å². The van der Waals surface area contributed by atoms with Gasteiger partial charge in [0.15, 0.2) is 5.82 Å². The number of hydrogen-bond donors (Lipinski definition) is 1. The fourth-order valence-corrected chi connectivity index (χ4v) is 3.81. The van der Waals surface area contributed by atoms with Crippen molar-refractivity contribution in [2.24, 2.45) is 5.92 Å². The molecule has 4 rings (SSSR count). The van der Waals surface area contributed by atoms with E-state index in [2.05, 4.69) is 21.5 Å². The molecule has 6 heteroatoms. The number of aromatic nitrogens is 2. The Morgan fingerprint density at radius 3 is 2.80 bits per heavy atom. The second kappa shape index (κ2) is 6.96. The highest BCUT2D eigenvalue weighted by molar-refractivity contribution is 5.94. The van der Waals surface area contributed by atoms with E-state index in [1.54, 1.807) is 6.92 Å². The zero-order chi connectivity index (χ0) is 17.2. The van der Waals surface area contributed by atoms with E-state index in [1.165, 1.54) is 17.5 Å². The van der Waals surface area contributed by atoms with Crippen LogP contribution in [0.2, 0.25) is 0 Å². The van der Waals surface area contributed by atoms with Crippen LogP contribution < -0.4 is 5.32 Å². The number of nitrogens with one attached hydrogen (secondary N) is 1. The van der Waals surface area contributed by atoms with Crippen molar-refractivity contribution in [3.63, 3.8) is 0 Å². The highest BCUT2D eigenvalue weighted by Gasteiger charge is 2.31. The summed E-state index contributed by atoms with van der Waals surface area (Å²) >= 11 is 0. The Bertz CT molecular complexity index is 765. The molecule has 0 unspecified atom stereocenters. The van der Waals surface area contributed by atoms with Gasteiger partial charge < -0.3 is 14.6 Å². The van der Waals surface area contributed by atoms with Crippen molar-refractivity contribution < 1.29 is 14.1 Å². The number of nitrogens with zero attached hydrogens (tertiary/aromatic N) is 2. The fourth-order valence-electron chi connectivity index (χ4n) is 3.81. The van der Waals surface area contributed by atoms with E-state index in [9.17, 15) is 4.79 Å². The molecule has 1 aromatic heterocycles. The molecule has 0 bridgehead atoms. The molecule has 1 amide bonds. The molecule has 1 fully saturated rings. The van der Waals surface area contributed by atoms with Gasteiger partial charge in [0, 0.05) is 18.8 Å². The summed E-state index contributed by atoms with van der Waals surface area (Å²) in [5.74, 6) is 1.23. The van der Waals surface area contributed by atoms with Gasteiger partial charge in [0.1, 0.15) is 6.04 Å². The van der Waals surface area contributed by atoms with Gasteiger partial charge in [-0.1, -0.05) is 11.2 Å². The molecule has 1 aromatic carbocycles. The van der Waals surface area contributed by atoms with Crippen molar-refractivity contribution in [3.05, 3.63) is 46.6 Å². The first-order valence-electron chi connectivity index (χ1n) is 9.01. The fraction of sp³-hybridized carbons (Fsp3) is 0.526. The number of carbonyl (C=O) groups excluding carboxylic acids is 1. The molecular formula is C19H23N3O3. The SMILES string of the molecule is Cc1noc([C@@H](NC(=O)c2ccc3c(c2)CCC3)C2CCOCC2)n1. The van der Waals surface area contributed by atoms with E-state index in [4.69, 9.17) is 9.26 Å². The summed E-state index contributed by atoms with van der Waals surface area (Å²) in [6.07, 6.45) is 5.09. The quantitative estimate of drug-likeness (QED) is 0.925. The zero-order valence-electron chi connectivity index (χ0n) is 14.5. The lowest BCUT2D eigenvalue weighted by atomic mass is 9.91. The Labute approximate surface area is 147 Å². The zero-order valence-corrected chi connectivity index (χ0v) is 14.5. The summed E-state index contributed by atoms with van der Waals surface area (Å²) < 4.78 is 10.8. The molecule has 1 aliphatic heterocycles. The van der Waals surface area contributed by atoms with Gasteiger partial charge in [-0.25, -0.2) is 0 Å². The van der Waals surface area contributed by atoms with Crippen molar-refractivity contribution in [1.82, 2.24) is 15.5 Å². The van der Waals surface area contributed by atoms with E-state index in [1.807, 2.05) is 12.1 Å². The van der Waals surface area contributed by atoms with Crippen LogP contribution >= 0.6 is 0 Å². The van der Waals surface area contributed by atoms with Crippen LogP contribution in [0, 0.1) is 12.8 Å². The van der Waals surface area contributed by atoms with Crippen LogP contribution in [-0.2, 0) is 17.6 Å². The molecule has 132 valence electrons. The number of rotatable bonds is 4. The van der Waals surface area contributed by atoms with Crippen molar-refractivity contribution in [1.29, 1.82) is 0 Å². The summed E-state index contributed by atoms with van der Waals surface area (Å²) in [7, 11) is 0. The smallest absolute Gasteiger partial charge is 0.251 e. The lowest BCUT2D eigenvalue weighted by Gasteiger charge is -2.28. The van der Waals surface area contributed by atoms with Gasteiger partial charge in [0.2, 0.25) is 5.89 Å². The summed E-state index contributed by atoms with van der Waals surface area (Å²) in [5.41, 5.74) is 3.36. The van der Waals surface area contributed by atoms with Crippen molar-refractivity contribution in [2.75, 3.05) is 13.2 Å². The highest BCUT2D eigenvalue weighted by Crippen LogP contribution is 2.30. The van der Waals surface area contributed by atoms with Gasteiger partial charge in [-0.05, 0) is 68.2 Å². The Balaban J connectivity index is 1.56. The summed E-state index contributed by atoms with van der Waals surface area (Å²) in [6.45, 7) is 3.18. The second-order valence-corrected chi connectivity index (χ2v) is 6.92.